The largest absolute Gasteiger partial charge is 0.446 e. The summed E-state index contributed by atoms with van der Waals surface area (Å²) in [7, 11) is -4.43. The van der Waals surface area contributed by atoms with E-state index in [1.807, 2.05) is 19.9 Å². The Morgan fingerprint density at radius 2 is 1.67 bits per heavy atom. The SMILES string of the molecule is CCCCCc1ccccc1OS(=O)(=O)O.CCOCC. The summed E-state index contributed by atoms with van der Waals surface area (Å²) in [6.45, 7) is 7.76. The van der Waals surface area contributed by atoms with E-state index < -0.39 is 10.4 Å². The third-order valence-corrected chi connectivity index (χ3v) is 3.02. The molecule has 0 atom stereocenters. The van der Waals surface area contributed by atoms with Gasteiger partial charge in [0.1, 0.15) is 5.75 Å². The highest BCUT2D eigenvalue weighted by Gasteiger charge is 2.10. The maximum atomic E-state index is 10.6. The van der Waals surface area contributed by atoms with Crippen LogP contribution in [0.15, 0.2) is 24.3 Å². The minimum Gasteiger partial charge on any atom is -0.382 e. The molecule has 5 nitrogen and oxygen atoms in total. The quantitative estimate of drug-likeness (QED) is 0.585. The third kappa shape index (κ3) is 11.2. The van der Waals surface area contributed by atoms with E-state index in [1.165, 1.54) is 6.07 Å². The fourth-order valence-electron chi connectivity index (χ4n) is 1.67. The Bertz CT molecular complexity index is 469. The smallest absolute Gasteiger partial charge is 0.382 e. The summed E-state index contributed by atoms with van der Waals surface area (Å²) in [6.07, 6.45) is 3.91. The van der Waals surface area contributed by atoms with Gasteiger partial charge in [-0.25, -0.2) is 0 Å². The minimum absolute atomic E-state index is 0.209. The number of hydrogen-bond acceptors (Lipinski definition) is 4. The van der Waals surface area contributed by atoms with Crippen LogP contribution in [0.5, 0.6) is 5.75 Å². The molecule has 0 aliphatic rings. The van der Waals surface area contributed by atoms with Gasteiger partial charge in [-0.1, -0.05) is 38.0 Å². The molecule has 0 saturated heterocycles. The van der Waals surface area contributed by atoms with Crippen molar-refractivity contribution in [2.45, 2.75) is 46.5 Å². The molecule has 21 heavy (non-hydrogen) atoms. The first-order valence-corrected chi connectivity index (χ1v) is 8.63. The van der Waals surface area contributed by atoms with E-state index in [-0.39, 0.29) is 5.75 Å². The van der Waals surface area contributed by atoms with Crippen molar-refractivity contribution < 1.29 is 21.9 Å². The van der Waals surface area contributed by atoms with Gasteiger partial charge >= 0.3 is 10.4 Å². The van der Waals surface area contributed by atoms with Gasteiger partial charge < -0.3 is 8.92 Å². The molecular weight excluding hydrogens is 292 g/mol. The van der Waals surface area contributed by atoms with Gasteiger partial charge in [0.2, 0.25) is 0 Å². The molecule has 0 saturated carbocycles. The number of rotatable bonds is 8. The second-order valence-electron chi connectivity index (χ2n) is 4.36. The van der Waals surface area contributed by atoms with Gasteiger partial charge in [-0.15, -0.1) is 0 Å². The van der Waals surface area contributed by atoms with Crippen molar-refractivity contribution in [1.29, 1.82) is 0 Å². The van der Waals surface area contributed by atoms with Crippen molar-refractivity contribution in [3.8, 4) is 5.75 Å². The van der Waals surface area contributed by atoms with Crippen LogP contribution in [0.4, 0.5) is 0 Å². The van der Waals surface area contributed by atoms with Crippen LogP contribution in [0.2, 0.25) is 0 Å². The average Bonchev–Trinajstić information content (AvgIpc) is 2.41. The molecule has 0 bridgehead atoms. The molecule has 0 spiro atoms. The molecule has 0 fully saturated rings. The Morgan fingerprint density at radius 1 is 1.05 bits per heavy atom. The molecule has 0 aromatic heterocycles. The average molecular weight is 318 g/mol. The van der Waals surface area contributed by atoms with Crippen LogP contribution < -0.4 is 4.18 Å². The van der Waals surface area contributed by atoms with Crippen molar-refractivity contribution in [2.75, 3.05) is 13.2 Å². The molecule has 0 aliphatic carbocycles. The van der Waals surface area contributed by atoms with E-state index >= 15 is 0 Å². The van der Waals surface area contributed by atoms with E-state index in [1.54, 1.807) is 12.1 Å². The molecule has 1 aromatic rings. The summed E-state index contributed by atoms with van der Waals surface area (Å²) in [4.78, 5) is 0. The molecule has 1 aromatic carbocycles. The highest BCUT2D eigenvalue weighted by molar-refractivity contribution is 7.81. The van der Waals surface area contributed by atoms with E-state index in [0.29, 0.717) is 0 Å². The Labute approximate surface area is 128 Å². The summed E-state index contributed by atoms with van der Waals surface area (Å²) >= 11 is 0. The minimum atomic E-state index is -4.43. The van der Waals surface area contributed by atoms with Gasteiger partial charge in [0.15, 0.2) is 0 Å². The van der Waals surface area contributed by atoms with Gasteiger partial charge in [-0.2, -0.15) is 8.42 Å². The highest BCUT2D eigenvalue weighted by atomic mass is 32.3. The van der Waals surface area contributed by atoms with Crippen LogP contribution in [0.1, 0.15) is 45.6 Å². The Kier molecular flexibility index (Phi) is 10.9. The number of unbranched alkanes of at least 4 members (excludes halogenated alkanes) is 2. The zero-order chi connectivity index (χ0) is 16.1. The lowest BCUT2D eigenvalue weighted by atomic mass is 10.1. The van der Waals surface area contributed by atoms with E-state index in [4.69, 9.17) is 9.29 Å². The predicted molar refractivity (Wildman–Crippen MR) is 84.0 cm³/mol. The van der Waals surface area contributed by atoms with Gasteiger partial charge in [-0.3, -0.25) is 4.55 Å². The first-order chi connectivity index (χ1) is 9.94. The van der Waals surface area contributed by atoms with E-state index in [9.17, 15) is 8.42 Å². The van der Waals surface area contributed by atoms with Crippen molar-refractivity contribution in [3.63, 3.8) is 0 Å². The Morgan fingerprint density at radius 3 is 2.14 bits per heavy atom. The number of aryl methyl sites for hydroxylation is 1. The summed E-state index contributed by atoms with van der Waals surface area (Å²) in [5.74, 6) is 0.209. The maximum Gasteiger partial charge on any atom is 0.446 e. The van der Waals surface area contributed by atoms with Crippen molar-refractivity contribution in [3.05, 3.63) is 29.8 Å². The standard InChI is InChI=1S/C11H16O4S.C4H10O/c1-2-3-4-7-10-8-5-6-9-11(10)15-16(12,13)14;1-3-5-4-2/h5-6,8-9H,2-4,7H2,1H3,(H,12,13,14);3-4H2,1-2H3. The Hall–Kier alpha value is -1.11. The molecule has 1 rings (SSSR count). The summed E-state index contributed by atoms with van der Waals surface area (Å²) in [6, 6.07) is 6.83. The van der Waals surface area contributed by atoms with Crippen molar-refractivity contribution in [1.82, 2.24) is 0 Å². The zero-order valence-electron chi connectivity index (χ0n) is 13.0. The fourth-order valence-corrected chi connectivity index (χ4v) is 2.06. The van der Waals surface area contributed by atoms with Crippen LogP contribution in [-0.4, -0.2) is 26.2 Å². The summed E-state index contributed by atoms with van der Waals surface area (Å²) < 4.78 is 39.2. The molecule has 0 unspecified atom stereocenters. The molecule has 0 heterocycles. The topological polar surface area (TPSA) is 72.8 Å². The molecule has 1 N–H and O–H groups in total. The number of benzene rings is 1. The van der Waals surface area contributed by atoms with Crippen LogP contribution in [0, 0.1) is 0 Å². The van der Waals surface area contributed by atoms with E-state index in [0.717, 1.165) is 44.5 Å². The lowest BCUT2D eigenvalue weighted by Crippen LogP contribution is -2.08. The first-order valence-electron chi connectivity index (χ1n) is 7.27. The van der Waals surface area contributed by atoms with Gasteiger partial charge in [0.05, 0.1) is 0 Å². The number of ether oxygens (including phenoxy) is 1. The molecule has 0 aliphatic heterocycles. The highest BCUT2D eigenvalue weighted by Crippen LogP contribution is 2.21. The van der Waals surface area contributed by atoms with Crippen LogP contribution in [0.25, 0.3) is 0 Å². The first kappa shape index (κ1) is 19.9. The summed E-state index contributed by atoms with van der Waals surface area (Å²) in [5.41, 5.74) is 0.800. The normalized spacial score (nSPS) is 10.7. The molecule has 0 amide bonds. The number of para-hydroxylation sites is 1. The van der Waals surface area contributed by atoms with Gasteiger partial charge in [0, 0.05) is 13.2 Å². The van der Waals surface area contributed by atoms with Crippen molar-refractivity contribution >= 4 is 10.4 Å². The molecule has 6 heteroatoms. The van der Waals surface area contributed by atoms with Crippen LogP contribution in [0.3, 0.4) is 0 Å². The van der Waals surface area contributed by atoms with E-state index in [2.05, 4.69) is 11.1 Å². The second kappa shape index (κ2) is 11.5. The molecule has 0 radical (unpaired) electrons. The van der Waals surface area contributed by atoms with Crippen LogP contribution in [-0.2, 0) is 21.6 Å². The molecule has 122 valence electrons. The lowest BCUT2D eigenvalue weighted by Gasteiger charge is -2.07. The summed E-state index contributed by atoms with van der Waals surface area (Å²) in [5, 5.41) is 0. The maximum absolute atomic E-state index is 10.6. The monoisotopic (exact) mass is 318 g/mol. The van der Waals surface area contributed by atoms with Gasteiger partial charge in [-0.05, 0) is 38.3 Å². The lowest BCUT2D eigenvalue weighted by molar-refractivity contribution is 0.162. The van der Waals surface area contributed by atoms with Crippen molar-refractivity contribution in [2.24, 2.45) is 0 Å². The fraction of sp³-hybridized carbons (Fsp3) is 0.600. The number of hydrogen-bond donors (Lipinski definition) is 1. The van der Waals surface area contributed by atoms with Gasteiger partial charge in [0.25, 0.3) is 0 Å². The Balaban J connectivity index is 0.000000690. The molecular formula is C15H26O5S. The predicted octanol–water partition coefficient (Wildman–Crippen LogP) is 3.64. The third-order valence-electron chi connectivity index (χ3n) is 2.63. The second-order valence-corrected chi connectivity index (χ2v) is 5.38. The zero-order valence-corrected chi connectivity index (χ0v) is 13.9. The van der Waals surface area contributed by atoms with Crippen LogP contribution >= 0.6 is 0 Å².